The maximum Gasteiger partial charge on any atom is 0.416 e. The molecule has 11 heteroatoms. The summed E-state index contributed by atoms with van der Waals surface area (Å²) in [6.45, 7) is 3.37. The maximum atomic E-state index is 14.6. The Kier molecular flexibility index (Phi) is 7.04. The van der Waals surface area contributed by atoms with E-state index in [1.54, 1.807) is 10.6 Å². The molecule has 2 fully saturated rings. The Bertz CT molecular complexity index is 936. The summed E-state index contributed by atoms with van der Waals surface area (Å²) in [6.07, 6.45) is -3.17. The molecule has 0 bridgehead atoms. The monoisotopic (exact) mass is 489 g/mol. The second-order valence-corrected chi connectivity index (χ2v) is 9.57. The highest BCUT2D eigenvalue weighted by Crippen LogP contribution is 2.32. The Morgan fingerprint density at radius 1 is 1.00 bits per heavy atom. The first-order valence-corrected chi connectivity index (χ1v) is 12.0. The summed E-state index contributed by atoms with van der Waals surface area (Å²) in [5.74, 6) is -1.99. The molecule has 1 atom stereocenters. The summed E-state index contributed by atoms with van der Waals surface area (Å²) in [7, 11) is 0. The molecule has 0 aromatic heterocycles. The van der Waals surface area contributed by atoms with Gasteiger partial charge in [-0.25, -0.2) is 8.78 Å². The summed E-state index contributed by atoms with van der Waals surface area (Å²) in [5, 5.41) is 0. The number of piperazine rings is 1. The van der Waals surface area contributed by atoms with E-state index in [2.05, 4.69) is 0 Å². The third kappa shape index (κ3) is 5.71. The van der Waals surface area contributed by atoms with Crippen LogP contribution in [0.4, 0.5) is 27.6 Å². The molecule has 2 aliphatic heterocycles. The molecule has 180 valence electrons. The van der Waals surface area contributed by atoms with Crippen molar-refractivity contribution in [1.29, 1.82) is 0 Å². The van der Waals surface area contributed by atoms with Gasteiger partial charge in [-0.05, 0) is 17.7 Å². The molecule has 0 N–H and O–H groups in total. The van der Waals surface area contributed by atoms with Crippen LogP contribution in [-0.4, -0.2) is 65.4 Å². The highest BCUT2D eigenvalue weighted by atomic mass is 32.2. The van der Waals surface area contributed by atoms with Crippen LogP contribution >= 0.6 is 0 Å². The van der Waals surface area contributed by atoms with Crippen molar-refractivity contribution < 1.29 is 31.2 Å². The fourth-order valence-electron chi connectivity index (χ4n) is 4.00. The smallest absolute Gasteiger partial charge is 0.416 e. The van der Waals surface area contributed by atoms with Crippen molar-refractivity contribution in [2.24, 2.45) is 0 Å². The molecule has 2 aromatic rings. The van der Waals surface area contributed by atoms with E-state index in [1.165, 1.54) is 24.3 Å². The van der Waals surface area contributed by atoms with Gasteiger partial charge in [0.1, 0.15) is 12.4 Å². The number of nitrogens with zero attached hydrogens (tertiary/aromatic N) is 3. The molecule has 2 aromatic carbocycles. The van der Waals surface area contributed by atoms with Crippen molar-refractivity contribution in [1.82, 2.24) is 9.21 Å². The molecule has 1 unspecified atom stereocenters. The molecule has 0 saturated carbocycles. The van der Waals surface area contributed by atoms with E-state index in [4.69, 9.17) is 4.74 Å². The van der Waals surface area contributed by atoms with Gasteiger partial charge in [-0.3, -0.25) is 4.90 Å². The minimum Gasteiger partial charge on any atom is -0.598 e. The third-order valence-corrected chi connectivity index (χ3v) is 6.94. The first kappa shape index (κ1) is 24.1. The van der Waals surface area contributed by atoms with Gasteiger partial charge < -0.3 is 14.2 Å². The van der Waals surface area contributed by atoms with Crippen molar-refractivity contribution in [2.45, 2.75) is 18.8 Å². The van der Waals surface area contributed by atoms with Crippen LogP contribution in [0.15, 0.2) is 36.4 Å². The molecule has 0 aliphatic carbocycles. The Hall–Kier alpha value is -2.08. The van der Waals surface area contributed by atoms with E-state index in [0.717, 1.165) is 17.7 Å². The fourth-order valence-corrected chi connectivity index (χ4v) is 4.67. The van der Waals surface area contributed by atoms with Gasteiger partial charge in [0.25, 0.3) is 0 Å². The highest BCUT2D eigenvalue weighted by molar-refractivity contribution is 7.88. The Balaban J connectivity index is 1.30. The molecule has 2 aliphatic rings. The molecule has 0 radical (unpaired) electrons. The number of hydrogen-bond acceptors (Lipinski definition) is 5. The number of ether oxygens (including phenoxy) is 1. The van der Waals surface area contributed by atoms with Crippen LogP contribution in [0.25, 0.3) is 0 Å². The van der Waals surface area contributed by atoms with Gasteiger partial charge in [-0.2, -0.15) is 13.2 Å². The van der Waals surface area contributed by atoms with Crippen molar-refractivity contribution in [3.05, 3.63) is 59.2 Å². The lowest BCUT2D eigenvalue weighted by Gasteiger charge is -2.39. The lowest BCUT2D eigenvalue weighted by molar-refractivity contribution is -0.137. The van der Waals surface area contributed by atoms with E-state index in [1.807, 2.05) is 9.80 Å². The number of benzene rings is 2. The van der Waals surface area contributed by atoms with E-state index < -0.39 is 46.6 Å². The molecule has 33 heavy (non-hydrogen) atoms. The molecule has 5 nitrogen and oxygen atoms in total. The Morgan fingerprint density at radius 2 is 1.58 bits per heavy atom. The number of hydrogen-bond donors (Lipinski definition) is 0. The Labute approximate surface area is 192 Å². The number of anilines is 1. The summed E-state index contributed by atoms with van der Waals surface area (Å²) in [4.78, 5) is 3.77. The molecule has 2 heterocycles. The second-order valence-electron chi connectivity index (χ2n) is 8.21. The largest absolute Gasteiger partial charge is 0.598 e. The molecular weight excluding hydrogens is 465 g/mol. The number of likely N-dealkylation sites (tertiary alicyclic amines) is 1. The molecule has 2 saturated heterocycles. The van der Waals surface area contributed by atoms with Crippen molar-refractivity contribution in [3.8, 4) is 5.75 Å². The molecule has 4 rings (SSSR count). The predicted molar refractivity (Wildman–Crippen MR) is 115 cm³/mol. The topological polar surface area (TPSA) is 42.0 Å². The van der Waals surface area contributed by atoms with Gasteiger partial charge in [-0.15, -0.1) is 4.31 Å². The quantitative estimate of drug-likeness (QED) is 0.458. The van der Waals surface area contributed by atoms with Crippen molar-refractivity contribution in [2.75, 3.05) is 50.4 Å². The fraction of sp³-hybridized carbons (Fsp3) is 0.455. The van der Waals surface area contributed by atoms with Crippen LogP contribution < -0.4 is 9.64 Å². The zero-order valence-electron chi connectivity index (χ0n) is 17.9. The Morgan fingerprint density at radius 3 is 2.09 bits per heavy atom. The zero-order valence-corrected chi connectivity index (χ0v) is 18.8. The van der Waals surface area contributed by atoms with E-state index in [-0.39, 0.29) is 0 Å². The number of halogens is 5. The normalized spacial score (nSPS) is 19.4. The summed E-state index contributed by atoms with van der Waals surface area (Å²) in [6, 6.07) is 7.42. The van der Waals surface area contributed by atoms with Gasteiger partial charge in [0.15, 0.2) is 17.4 Å². The van der Waals surface area contributed by atoms with E-state index >= 15 is 0 Å². The minimum atomic E-state index is -4.37. The SMILES string of the molecule is C[S+]([O-])N1CCN(c2cc(F)c(OC3CN(Cc4ccc(C(F)(F)F)cc4)C3)c(F)c2)CC1. The molecular formula is C22H24F5N3O2S. The van der Waals surface area contributed by atoms with Crippen molar-refractivity contribution >= 4 is 17.0 Å². The first-order valence-electron chi connectivity index (χ1n) is 10.5. The summed E-state index contributed by atoms with van der Waals surface area (Å²) < 4.78 is 86.1. The highest BCUT2D eigenvalue weighted by Gasteiger charge is 2.32. The molecule has 0 spiro atoms. The van der Waals surface area contributed by atoms with Crippen LogP contribution in [-0.2, 0) is 24.1 Å². The van der Waals surface area contributed by atoms with Crippen LogP contribution in [0, 0.1) is 11.6 Å². The summed E-state index contributed by atoms with van der Waals surface area (Å²) >= 11 is -1.07. The average molecular weight is 490 g/mol. The zero-order chi connectivity index (χ0) is 23.8. The molecule has 0 amide bonds. The van der Waals surface area contributed by atoms with E-state index in [0.29, 0.717) is 51.5 Å². The lowest BCUT2D eigenvalue weighted by atomic mass is 10.1. The van der Waals surface area contributed by atoms with Crippen molar-refractivity contribution in [3.63, 3.8) is 0 Å². The summed E-state index contributed by atoms with van der Waals surface area (Å²) in [5.41, 5.74) is 0.430. The number of alkyl halides is 3. The van der Waals surface area contributed by atoms with Gasteiger partial charge in [0.2, 0.25) is 0 Å². The van der Waals surface area contributed by atoms with Gasteiger partial charge >= 0.3 is 6.18 Å². The van der Waals surface area contributed by atoms with Gasteiger partial charge in [0.05, 0.1) is 18.7 Å². The first-order chi connectivity index (χ1) is 15.6. The average Bonchev–Trinajstić information content (AvgIpc) is 2.73. The van der Waals surface area contributed by atoms with Crippen LogP contribution in [0.1, 0.15) is 11.1 Å². The number of rotatable bonds is 6. The van der Waals surface area contributed by atoms with Crippen LogP contribution in [0.2, 0.25) is 0 Å². The minimum absolute atomic E-state index is 0.405. The van der Waals surface area contributed by atoms with Crippen LogP contribution in [0.5, 0.6) is 5.75 Å². The second kappa shape index (κ2) is 9.65. The van der Waals surface area contributed by atoms with Gasteiger partial charge in [0, 0.05) is 61.9 Å². The van der Waals surface area contributed by atoms with E-state index in [9.17, 15) is 26.5 Å². The maximum absolute atomic E-state index is 14.6. The van der Waals surface area contributed by atoms with Gasteiger partial charge in [-0.1, -0.05) is 12.1 Å². The lowest BCUT2D eigenvalue weighted by Crippen LogP contribution is -2.53. The van der Waals surface area contributed by atoms with Crippen LogP contribution in [0.3, 0.4) is 0 Å². The third-order valence-electron chi connectivity index (χ3n) is 5.85. The standard InChI is InChI=1S/C22H24F5N3O2S/c1-33(31)30-8-6-29(7-9-30)17-10-19(23)21(20(24)11-17)32-18-13-28(14-18)12-15-2-4-16(5-3-15)22(25,26)27/h2-5,10-11,18H,6-9,12-14H2,1H3. The predicted octanol–water partition coefficient (Wildman–Crippen LogP) is 3.66.